The Morgan fingerprint density at radius 1 is 1.40 bits per heavy atom. The average Bonchev–Trinajstić information content (AvgIpc) is 2.53. The third-order valence-electron chi connectivity index (χ3n) is 4.24. The molecule has 0 radical (unpaired) electrons. The average molecular weight is 370 g/mol. The summed E-state index contributed by atoms with van der Waals surface area (Å²) in [6.45, 7) is 11.3. The minimum absolute atomic E-state index is 0.0847. The highest BCUT2D eigenvalue weighted by molar-refractivity contribution is 6.31. The van der Waals surface area contributed by atoms with E-state index >= 15 is 0 Å². The molecule has 1 aliphatic rings. The van der Waals surface area contributed by atoms with Crippen LogP contribution in [0.4, 0.5) is 10.1 Å². The quantitative estimate of drug-likeness (QED) is 0.564. The molecule has 1 aromatic rings. The van der Waals surface area contributed by atoms with Crippen molar-refractivity contribution < 1.29 is 4.39 Å². The van der Waals surface area contributed by atoms with E-state index in [0.29, 0.717) is 25.2 Å². The van der Waals surface area contributed by atoms with E-state index in [1.807, 2.05) is 0 Å². The minimum atomic E-state index is -0.431. The van der Waals surface area contributed by atoms with Gasteiger partial charge in [0.25, 0.3) is 0 Å². The van der Waals surface area contributed by atoms with Crippen LogP contribution in [0.25, 0.3) is 0 Å². The second-order valence-corrected chi connectivity index (χ2v) is 8.04. The fourth-order valence-electron chi connectivity index (χ4n) is 2.77. The molecule has 0 spiro atoms. The second kappa shape index (κ2) is 8.34. The van der Waals surface area contributed by atoms with Gasteiger partial charge in [-0.2, -0.15) is 0 Å². The minimum Gasteiger partial charge on any atom is -0.340 e. The van der Waals surface area contributed by atoms with Crippen molar-refractivity contribution >= 4 is 23.2 Å². The Labute approximate surface area is 154 Å². The summed E-state index contributed by atoms with van der Waals surface area (Å²) in [5, 5.41) is 6.92. The summed E-state index contributed by atoms with van der Waals surface area (Å²) in [5.41, 5.74) is 6.46. The van der Waals surface area contributed by atoms with Gasteiger partial charge in [-0.3, -0.25) is 4.99 Å². The predicted molar refractivity (Wildman–Crippen MR) is 104 cm³/mol. The molecule has 1 heterocycles. The molecule has 1 saturated heterocycles. The number of hydrogen-bond donors (Lipinski definition) is 3. The molecular weight excluding hydrogens is 341 g/mol. The lowest BCUT2D eigenvalue weighted by Crippen LogP contribution is -2.57. The molecule has 0 saturated carbocycles. The molecule has 140 valence electrons. The number of anilines is 1. The van der Waals surface area contributed by atoms with Crippen LogP contribution >= 0.6 is 11.6 Å². The van der Waals surface area contributed by atoms with Gasteiger partial charge < -0.3 is 21.3 Å². The van der Waals surface area contributed by atoms with Gasteiger partial charge in [0.2, 0.25) is 0 Å². The van der Waals surface area contributed by atoms with Gasteiger partial charge in [-0.1, -0.05) is 25.4 Å². The van der Waals surface area contributed by atoms with Crippen LogP contribution < -0.4 is 16.4 Å². The summed E-state index contributed by atoms with van der Waals surface area (Å²) < 4.78 is 13.4. The third kappa shape index (κ3) is 5.83. The van der Waals surface area contributed by atoms with Gasteiger partial charge in [0, 0.05) is 37.4 Å². The van der Waals surface area contributed by atoms with Gasteiger partial charge in [-0.25, -0.2) is 4.39 Å². The molecule has 0 aliphatic carbocycles. The van der Waals surface area contributed by atoms with Gasteiger partial charge in [-0.05, 0) is 44.0 Å². The highest BCUT2D eigenvalue weighted by Crippen LogP contribution is 2.21. The van der Waals surface area contributed by atoms with Crippen LogP contribution in [0.15, 0.2) is 23.2 Å². The number of aliphatic imine (C=N–C) groups is 1. The molecule has 7 heteroatoms. The van der Waals surface area contributed by atoms with Crippen molar-refractivity contribution in [1.82, 2.24) is 10.2 Å². The summed E-state index contributed by atoms with van der Waals surface area (Å²) in [5.74, 6) is 0.337. The molecule has 4 N–H and O–H groups in total. The van der Waals surface area contributed by atoms with Crippen molar-refractivity contribution in [3.63, 3.8) is 0 Å². The first kappa shape index (κ1) is 19.9. The monoisotopic (exact) mass is 369 g/mol. The zero-order valence-electron chi connectivity index (χ0n) is 15.4. The van der Waals surface area contributed by atoms with Crippen LogP contribution in [-0.2, 0) is 0 Å². The van der Waals surface area contributed by atoms with Crippen molar-refractivity contribution in [1.29, 1.82) is 0 Å². The van der Waals surface area contributed by atoms with Crippen molar-refractivity contribution in [3.05, 3.63) is 29.0 Å². The molecule has 1 aliphatic heterocycles. The first-order valence-corrected chi connectivity index (χ1v) is 9.05. The number of guanidine groups is 1. The molecule has 1 fully saturated rings. The molecule has 25 heavy (non-hydrogen) atoms. The molecule has 2 rings (SSSR count). The van der Waals surface area contributed by atoms with Gasteiger partial charge >= 0.3 is 0 Å². The van der Waals surface area contributed by atoms with Crippen molar-refractivity contribution in [2.75, 3.05) is 31.5 Å². The zero-order valence-corrected chi connectivity index (χ0v) is 16.2. The molecular formula is C18H29ClFN5. The van der Waals surface area contributed by atoms with Crippen LogP contribution in [0.2, 0.25) is 5.02 Å². The molecule has 1 aromatic carbocycles. The smallest absolute Gasteiger partial charge is 0.198 e. The first-order chi connectivity index (χ1) is 11.7. The van der Waals surface area contributed by atoms with Gasteiger partial charge in [0.15, 0.2) is 5.96 Å². The largest absolute Gasteiger partial charge is 0.340 e. The van der Waals surface area contributed by atoms with Gasteiger partial charge in [-0.15, -0.1) is 0 Å². The number of benzene rings is 1. The predicted octanol–water partition coefficient (Wildman–Crippen LogP) is 2.91. The fourth-order valence-corrected chi connectivity index (χ4v) is 2.96. The first-order valence-electron chi connectivity index (χ1n) is 8.68. The Morgan fingerprint density at radius 2 is 2.04 bits per heavy atom. The Bertz CT molecular complexity index is 609. The number of halogens is 2. The lowest BCUT2D eigenvalue weighted by molar-refractivity contribution is 0.253. The number of hydrogen-bond acceptors (Lipinski definition) is 3. The Morgan fingerprint density at radius 3 is 2.60 bits per heavy atom. The topological polar surface area (TPSA) is 65.7 Å². The summed E-state index contributed by atoms with van der Waals surface area (Å²) in [6, 6.07) is 5.31. The summed E-state index contributed by atoms with van der Waals surface area (Å²) in [7, 11) is 0. The van der Waals surface area contributed by atoms with Crippen molar-refractivity contribution in [2.24, 2.45) is 16.1 Å². The van der Waals surface area contributed by atoms with E-state index < -0.39 is 5.82 Å². The Kier molecular flexibility index (Phi) is 6.65. The van der Waals surface area contributed by atoms with Crippen LogP contribution in [0, 0.1) is 11.2 Å². The summed E-state index contributed by atoms with van der Waals surface area (Å²) >= 11 is 5.91. The normalized spacial score (nSPS) is 22.2. The number of piperazine rings is 1. The fraction of sp³-hybridized carbons (Fsp3) is 0.611. The summed E-state index contributed by atoms with van der Waals surface area (Å²) in [6.07, 6.45) is 0. The Balaban J connectivity index is 2.24. The third-order valence-corrected chi connectivity index (χ3v) is 4.53. The van der Waals surface area contributed by atoms with E-state index in [2.05, 4.69) is 43.2 Å². The lowest BCUT2D eigenvalue weighted by atomic mass is 9.94. The van der Waals surface area contributed by atoms with Crippen LogP contribution in [0.3, 0.4) is 0 Å². The number of nitrogens with zero attached hydrogens (tertiary/aromatic N) is 2. The molecule has 2 atom stereocenters. The molecule has 0 bridgehead atoms. The molecule has 0 aromatic heterocycles. The Hall–Kier alpha value is -1.37. The van der Waals surface area contributed by atoms with E-state index in [9.17, 15) is 4.39 Å². The maximum Gasteiger partial charge on any atom is 0.198 e. The molecule has 2 unspecified atom stereocenters. The highest BCUT2D eigenvalue weighted by atomic mass is 35.5. The number of nitrogens with one attached hydrogen (secondary N) is 2. The van der Waals surface area contributed by atoms with Gasteiger partial charge in [0.05, 0.1) is 5.02 Å². The summed E-state index contributed by atoms with van der Waals surface area (Å²) in [4.78, 5) is 7.01. The highest BCUT2D eigenvalue weighted by Gasteiger charge is 2.25. The van der Waals surface area contributed by atoms with E-state index in [0.717, 1.165) is 24.7 Å². The van der Waals surface area contributed by atoms with E-state index in [4.69, 9.17) is 22.3 Å². The van der Waals surface area contributed by atoms with Crippen LogP contribution in [0.5, 0.6) is 0 Å². The second-order valence-electron chi connectivity index (χ2n) is 7.64. The maximum absolute atomic E-state index is 13.4. The van der Waals surface area contributed by atoms with E-state index in [-0.39, 0.29) is 10.4 Å². The van der Waals surface area contributed by atoms with Crippen LogP contribution in [0.1, 0.15) is 27.7 Å². The van der Waals surface area contributed by atoms with Crippen LogP contribution in [-0.4, -0.2) is 49.1 Å². The number of nitrogens with two attached hydrogens (primary N) is 1. The molecule has 5 nitrogen and oxygen atoms in total. The van der Waals surface area contributed by atoms with Crippen molar-refractivity contribution in [2.45, 2.75) is 39.8 Å². The number of rotatable bonds is 4. The maximum atomic E-state index is 13.4. The standard InChI is InChI=1S/C18H29ClFN5/c1-12-8-25(9-13(2)23-12)17(22-11-18(3,4)10-21)24-14-5-6-16(20)15(19)7-14/h5-7,12-13,23H,8-11,21H2,1-4H3,(H,22,24). The van der Waals surface area contributed by atoms with Crippen molar-refractivity contribution in [3.8, 4) is 0 Å². The SMILES string of the molecule is CC1CN(C(=NCC(C)(C)CN)Nc2ccc(F)c(Cl)c2)CC(C)N1. The zero-order chi connectivity index (χ0) is 18.6. The van der Waals surface area contributed by atoms with Gasteiger partial charge in [0.1, 0.15) is 5.82 Å². The molecule has 0 amide bonds. The van der Waals surface area contributed by atoms with E-state index in [1.165, 1.54) is 6.07 Å². The van der Waals surface area contributed by atoms with E-state index in [1.54, 1.807) is 12.1 Å². The lowest BCUT2D eigenvalue weighted by Gasteiger charge is -2.38.